The molecule has 1 rings (SSSR count). The lowest BCUT2D eigenvalue weighted by Crippen LogP contribution is -2.38. The fourth-order valence-corrected chi connectivity index (χ4v) is 1.05. The second-order valence-corrected chi connectivity index (χ2v) is 3.38. The molecule has 0 bridgehead atoms. The van der Waals surface area contributed by atoms with E-state index in [1.807, 2.05) is 11.9 Å². The number of aromatic amines is 2. The van der Waals surface area contributed by atoms with Crippen LogP contribution in [0.2, 0.25) is 0 Å². The van der Waals surface area contributed by atoms with Crippen molar-refractivity contribution in [1.82, 2.24) is 15.3 Å². The number of carbonyl (C=O) groups is 1. The van der Waals surface area contributed by atoms with E-state index >= 15 is 0 Å². The largest absolute Gasteiger partial charge is 0.349 e. The first kappa shape index (κ1) is 12.2. The maximum atomic E-state index is 11.5. The number of nitrogens with one attached hydrogen (secondary N) is 3. The number of rotatable bonds is 4. The SMILES string of the molecule is CCC(N)CNC(=O)c1cc(=O)[nH]c(=O)[nH]1. The fraction of sp³-hybridized carbons (Fsp3) is 0.444. The summed E-state index contributed by atoms with van der Waals surface area (Å²) < 4.78 is 0. The number of nitrogens with two attached hydrogens (primary N) is 1. The molecule has 0 radical (unpaired) electrons. The highest BCUT2D eigenvalue weighted by molar-refractivity contribution is 5.92. The molecule has 1 aromatic heterocycles. The highest BCUT2D eigenvalue weighted by Gasteiger charge is 2.08. The molecule has 0 aliphatic carbocycles. The van der Waals surface area contributed by atoms with E-state index in [1.54, 1.807) is 0 Å². The molecule has 1 unspecified atom stereocenters. The van der Waals surface area contributed by atoms with Crippen molar-refractivity contribution in [3.05, 3.63) is 32.6 Å². The van der Waals surface area contributed by atoms with Gasteiger partial charge in [0.15, 0.2) is 0 Å². The van der Waals surface area contributed by atoms with Crippen LogP contribution in [0, 0.1) is 0 Å². The third kappa shape index (κ3) is 3.35. The number of hydrogen-bond donors (Lipinski definition) is 4. The third-order valence-corrected chi connectivity index (χ3v) is 2.05. The first-order chi connectivity index (χ1) is 7.52. The summed E-state index contributed by atoms with van der Waals surface area (Å²) in [6.07, 6.45) is 0.728. The molecule has 88 valence electrons. The molecule has 7 heteroatoms. The minimum atomic E-state index is -0.711. The van der Waals surface area contributed by atoms with Crippen molar-refractivity contribution in [2.24, 2.45) is 5.73 Å². The molecule has 7 nitrogen and oxygen atoms in total. The molecule has 0 fully saturated rings. The lowest BCUT2D eigenvalue weighted by molar-refractivity contribution is 0.0945. The Balaban J connectivity index is 2.73. The highest BCUT2D eigenvalue weighted by Crippen LogP contribution is 1.87. The predicted octanol–water partition coefficient (Wildman–Crippen LogP) is -1.47. The lowest BCUT2D eigenvalue weighted by Gasteiger charge is -2.09. The highest BCUT2D eigenvalue weighted by atomic mass is 16.2. The summed E-state index contributed by atoms with van der Waals surface area (Å²) >= 11 is 0. The molecular weight excluding hydrogens is 212 g/mol. The molecule has 1 aromatic rings. The fourth-order valence-electron chi connectivity index (χ4n) is 1.05. The van der Waals surface area contributed by atoms with Gasteiger partial charge < -0.3 is 16.0 Å². The van der Waals surface area contributed by atoms with Gasteiger partial charge in [0.25, 0.3) is 11.5 Å². The summed E-state index contributed by atoms with van der Waals surface area (Å²) in [5, 5.41) is 2.52. The van der Waals surface area contributed by atoms with Gasteiger partial charge in [0, 0.05) is 18.7 Å². The van der Waals surface area contributed by atoms with Gasteiger partial charge in [-0.15, -0.1) is 0 Å². The summed E-state index contributed by atoms with van der Waals surface area (Å²) in [5.41, 5.74) is 4.20. The standard InChI is InChI=1S/C9H14N4O3/c1-2-5(10)4-11-8(15)6-3-7(14)13-9(16)12-6/h3,5H,2,4,10H2,1H3,(H,11,15)(H2,12,13,14,16). The molecule has 0 aliphatic rings. The van der Waals surface area contributed by atoms with E-state index in [9.17, 15) is 14.4 Å². The average Bonchev–Trinajstić information content (AvgIpc) is 2.23. The van der Waals surface area contributed by atoms with Crippen LogP contribution in [0.25, 0.3) is 0 Å². The van der Waals surface area contributed by atoms with E-state index in [0.717, 1.165) is 12.5 Å². The molecule has 0 aliphatic heterocycles. The van der Waals surface area contributed by atoms with E-state index in [2.05, 4.69) is 10.3 Å². The van der Waals surface area contributed by atoms with Gasteiger partial charge >= 0.3 is 5.69 Å². The monoisotopic (exact) mass is 226 g/mol. The van der Waals surface area contributed by atoms with E-state index in [-0.39, 0.29) is 11.7 Å². The number of aromatic nitrogens is 2. The van der Waals surface area contributed by atoms with Gasteiger partial charge in [0.1, 0.15) is 5.69 Å². The van der Waals surface area contributed by atoms with E-state index in [4.69, 9.17) is 5.73 Å². The van der Waals surface area contributed by atoms with Crippen molar-refractivity contribution in [1.29, 1.82) is 0 Å². The first-order valence-electron chi connectivity index (χ1n) is 4.90. The van der Waals surface area contributed by atoms with Crippen LogP contribution in [0.5, 0.6) is 0 Å². The molecule has 5 N–H and O–H groups in total. The van der Waals surface area contributed by atoms with Crippen LogP contribution in [-0.4, -0.2) is 28.5 Å². The third-order valence-electron chi connectivity index (χ3n) is 2.05. The normalized spacial score (nSPS) is 12.1. The quantitative estimate of drug-likeness (QED) is 0.500. The summed E-state index contributed by atoms with van der Waals surface area (Å²) in [6, 6.07) is 0.881. The molecular formula is C9H14N4O3. The Morgan fingerprint density at radius 1 is 1.50 bits per heavy atom. The van der Waals surface area contributed by atoms with Crippen molar-refractivity contribution in [3.8, 4) is 0 Å². The Labute approximate surface area is 91.1 Å². The zero-order valence-electron chi connectivity index (χ0n) is 8.87. The van der Waals surface area contributed by atoms with Crippen molar-refractivity contribution < 1.29 is 4.79 Å². The summed E-state index contributed by atoms with van der Waals surface area (Å²) in [5.74, 6) is -0.521. The van der Waals surface area contributed by atoms with Crippen molar-refractivity contribution in [2.75, 3.05) is 6.54 Å². The van der Waals surface area contributed by atoms with E-state index in [1.165, 1.54) is 0 Å². The Morgan fingerprint density at radius 2 is 2.19 bits per heavy atom. The Hall–Kier alpha value is -1.89. The first-order valence-corrected chi connectivity index (χ1v) is 4.90. The van der Waals surface area contributed by atoms with Crippen LogP contribution in [0.3, 0.4) is 0 Å². The average molecular weight is 226 g/mol. The molecule has 0 aromatic carbocycles. The molecule has 16 heavy (non-hydrogen) atoms. The van der Waals surface area contributed by atoms with Gasteiger partial charge in [-0.05, 0) is 6.42 Å². The topological polar surface area (TPSA) is 121 Å². The second-order valence-electron chi connectivity index (χ2n) is 3.38. The van der Waals surface area contributed by atoms with Gasteiger partial charge in [0.2, 0.25) is 0 Å². The van der Waals surface area contributed by atoms with E-state index in [0.29, 0.717) is 6.54 Å². The Morgan fingerprint density at radius 3 is 2.75 bits per heavy atom. The Kier molecular flexibility index (Phi) is 4.01. The summed E-state index contributed by atoms with van der Waals surface area (Å²) in [6.45, 7) is 2.19. The van der Waals surface area contributed by atoms with E-state index < -0.39 is 17.2 Å². The zero-order chi connectivity index (χ0) is 12.1. The summed E-state index contributed by atoms with van der Waals surface area (Å²) in [4.78, 5) is 37.5. The number of hydrogen-bond acceptors (Lipinski definition) is 4. The molecule has 0 saturated carbocycles. The van der Waals surface area contributed by atoms with Gasteiger partial charge in [0.05, 0.1) is 0 Å². The molecule has 0 spiro atoms. The number of amides is 1. The van der Waals surface area contributed by atoms with Crippen LogP contribution in [0.4, 0.5) is 0 Å². The maximum absolute atomic E-state index is 11.5. The van der Waals surface area contributed by atoms with Gasteiger partial charge in [-0.25, -0.2) is 4.79 Å². The zero-order valence-corrected chi connectivity index (χ0v) is 8.87. The molecule has 1 amide bonds. The van der Waals surface area contributed by atoms with Gasteiger partial charge in [-0.1, -0.05) is 6.92 Å². The van der Waals surface area contributed by atoms with Crippen LogP contribution in [-0.2, 0) is 0 Å². The van der Waals surface area contributed by atoms with Crippen molar-refractivity contribution in [3.63, 3.8) is 0 Å². The van der Waals surface area contributed by atoms with Crippen molar-refractivity contribution in [2.45, 2.75) is 19.4 Å². The minimum Gasteiger partial charge on any atom is -0.349 e. The van der Waals surface area contributed by atoms with Gasteiger partial charge in [-0.2, -0.15) is 0 Å². The summed E-state index contributed by atoms with van der Waals surface area (Å²) in [7, 11) is 0. The Bertz CT molecular complexity index is 448. The predicted molar refractivity (Wildman–Crippen MR) is 58.3 cm³/mol. The molecule has 1 heterocycles. The molecule has 0 saturated heterocycles. The smallest absolute Gasteiger partial charge is 0.326 e. The van der Waals surface area contributed by atoms with Crippen LogP contribution < -0.4 is 22.3 Å². The maximum Gasteiger partial charge on any atom is 0.326 e. The van der Waals surface area contributed by atoms with Crippen LogP contribution >= 0.6 is 0 Å². The van der Waals surface area contributed by atoms with Gasteiger partial charge in [-0.3, -0.25) is 14.6 Å². The number of H-pyrrole nitrogens is 2. The number of carbonyl (C=O) groups excluding carboxylic acids is 1. The minimum absolute atomic E-state index is 0.0722. The lowest BCUT2D eigenvalue weighted by atomic mass is 10.2. The molecule has 1 atom stereocenters. The second kappa shape index (κ2) is 5.26. The van der Waals surface area contributed by atoms with Crippen LogP contribution in [0.1, 0.15) is 23.8 Å². The van der Waals surface area contributed by atoms with Crippen LogP contribution in [0.15, 0.2) is 15.7 Å². The van der Waals surface area contributed by atoms with Crippen molar-refractivity contribution >= 4 is 5.91 Å².